The van der Waals surface area contributed by atoms with Gasteiger partial charge in [0.25, 0.3) is 0 Å². The van der Waals surface area contributed by atoms with E-state index in [1.165, 1.54) is 0 Å². The van der Waals surface area contributed by atoms with Crippen LogP contribution in [0.2, 0.25) is 0 Å². The second-order valence-corrected chi connectivity index (χ2v) is 5.32. The van der Waals surface area contributed by atoms with Crippen LogP contribution in [0, 0.1) is 5.41 Å². The van der Waals surface area contributed by atoms with Crippen LogP contribution in [0.15, 0.2) is 24.5 Å². The molecule has 1 amide bonds. The first kappa shape index (κ1) is 13.5. The normalized spacial score (nSPS) is 23.1. The van der Waals surface area contributed by atoms with Crippen LogP contribution in [0.25, 0.3) is 0 Å². The Labute approximate surface area is 112 Å². The third-order valence-electron chi connectivity index (χ3n) is 3.67. The number of hydrogen-bond acceptors (Lipinski definition) is 3. The lowest BCUT2D eigenvalue weighted by Crippen LogP contribution is -2.48. The number of carboxylic acids is 1. The van der Waals surface area contributed by atoms with E-state index < -0.39 is 11.4 Å². The molecule has 19 heavy (non-hydrogen) atoms. The number of likely N-dealkylation sites (tertiary alicyclic amines) is 1. The molecule has 0 aliphatic carbocycles. The van der Waals surface area contributed by atoms with Crippen molar-refractivity contribution in [1.82, 2.24) is 9.88 Å². The summed E-state index contributed by atoms with van der Waals surface area (Å²) in [6.07, 6.45) is 4.98. The molecule has 1 atom stereocenters. The molecule has 1 aromatic rings. The molecule has 5 heteroatoms. The summed E-state index contributed by atoms with van der Waals surface area (Å²) >= 11 is 0. The minimum absolute atomic E-state index is 0.0154. The topological polar surface area (TPSA) is 70.5 Å². The highest BCUT2D eigenvalue weighted by atomic mass is 16.4. The van der Waals surface area contributed by atoms with Crippen LogP contribution in [0.3, 0.4) is 0 Å². The molecule has 5 nitrogen and oxygen atoms in total. The number of aliphatic carboxylic acids is 1. The SMILES string of the molecule is CC1(C(=O)O)CCCN(C(=O)Cc2ccncc2)C1. The molecule has 0 radical (unpaired) electrons. The van der Waals surface area contributed by atoms with Gasteiger partial charge in [-0.05, 0) is 37.5 Å². The standard InChI is InChI=1S/C14H18N2O3/c1-14(13(18)19)5-2-8-16(10-14)12(17)9-11-3-6-15-7-4-11/h3-4,6-7H,2,5,8-10H2,1H3,(H,18,19). The molecule has 1 aromatic heterocycles. The first-order valence-electron chi connectivity index (χ1n) is 6.41. The van der Waals surface area contributed by atoms with E-state index in [9.17, 15) is 14.7 Å². The van der Waals surface area contributed by atoms with Gasteiger partial charge in [-0.25, -0.2) is 0 Å². The lowest BCUT2D eigenvalue weighted by molar-refractivity contribution is -0.153. The molecule has 1 N–H and O–H groups in total. The van der Waals surface area contributed by atoms with Crippen molar-refractivity contribution in [1.29, 1.82) is 0 Å². The highest BCUT2D eigenvalue weighted by Gasteiger charge is 2.39. The number of carboxylic acid groups (broad SMARTS) is 1. The van der Waals surface area contributed by atoms with Crippen LogP contribution in [0.5, 0.6) is 0 Å². The quantitative estimate of drug-likeness (QED) is 0.892. The number of nitrogens with zero attached hydrogens (tertiary/aromatic N) is 2. The third kappa shape index (κ3) is 3.10. The van der Waals surface area contributed by atoms with Gasteiger partial charge in [0.1, 0.15) is 0 Å². The summed E-state index contributed by atoms with van der Waals surface area (Å²) in [6.45, 7) is 2.65. The zero-order chi connectivity index (χ0) is 13.9. The van der Waals surface area contributed by atoms with Gasteiger partial charge in [0.15, 0.2) is 0 Å². The molecule has 102 valence electrons. The number of hydrogen-bond donors (Lipinski definition) is 1. The Kier molecular flexibility index (Phi) is 3.83. The number of piperidine rings is 1. The van der Waals surface area contributed by atoms with E-state index in [2.05, 4.69) is 4.98 Å². The van der Waals surface area contributed by atoms with Gasteiger partial charge in [-0.2, -0.15) is 0 Å². The van der Waals surface area contributed by atoms with Crippen molar-refractivity contribution < 1.29 is 14.7 Å². The number of aromatic nitrogens is 1. The van der Waals surface area contributed by atoms with E-state index in [4.69, 9.17) is 0 Å². The molecular formula is C14H18N2O3. The summed E-state index contributed by atoms with van der Waals surface area (Å²) in [6, 6.07) is 3.61. The van der Waals surface area contributed by atoms with Crippen LogP contribution < -0.4 is 0 Å². The summed E-state index contributed by atoms with van der Waals surface area (Å²) < 4.78 is 0. The van der Waals surface area contributed by atoms with Crippen LogP contribution in [0.4, 0.5) is 0 Å². The highest BCUT2D eigenvalue weighted by molar-refractivity contribution is 5.81. The van der Waals surface area contributed by atoms with Gasteiger partial charge in [-0.1, -0.05) is 0 Å². The van der Waals surface area contributed by atoms with Crippen molar-refractivity contribution in [3.63, 3.8) is 0 Å². The smallest absolute Gasteiger partial charge is 0.311 e. The molecule has 1 saturated heterocycles. The zero-order valence-corrected chi connectivity index (χ0v) is 11.0. The minimum Gasteiger partial charge on any atom is -0.481 e. The second-order valence-electron chi connectivity index (χ2n) is 5.32. The van der Waals surface area contributed by atoms with Gasteiger partial charge in [0, 0.05) is 25.5 Å². The lowest BCUT2D eigenvalue weighted by atomic mass is 9.82. The molecule has 1 aliphatic heterocycles. The maximum atomic E-state index is 12.2. The van der Waals surface area contributed by atoms with E-state index in [0.29, 0.717) is 25.9 Å². The molecule has 1 fully saturated rings. The fraction of sp³-hybridized carbons (Fsp3) is 0.500. The Morgan fingerprint density at radius 1 is 1.42 bits per heavy atom. The monoisotopic (exact) mass is 262 g/mol. The Morgan fingerprint density at radius 2 is 2.11 bits per heavy atom. The van der Waals surface area contributed by atoms with Crippen LogP contribution in [-0.4, -0.2) is 40.0 Å². The number of pyridine rings is 1. The van der Waals surface area contributed by atoms with Crippen molar-refractivity contribution in [2.45, 2.75) is 26.2 Å². The van der Waals surface area contributed by atoms with Gasteiger partial charge in [-0.3, -0.25) is 14.6 Å². The Hall–Kier alpha value is -1.91. The molecule has 1 unspecified atom stereocenters. The average molecular weight is 262 g/mol. The molecule has 0 spiro atoms. The molecule has 0 bridgehead atoms. The molecule has 0 saturated carbocycles. The van der Waals surface area contributed by atoms with E-state index in [0.717, 1.165) is 12.0 Å². The molecule has 2 heterocycles. The molecule has 2 rings (SSSR count). The number of carbonyl (C=O) groups excluding carboxylic acids is 1. The summed E-state index contributed by atoms with van der Waals surface area (Å²) in [7, 11) is 0. The van der Waals surface area contributed by atoms with Gasteiger partial charge in [-0.15, -0.1) is 0 Å². The number of carbonyl (C=O) groups is 2. The highest BCUT2D eigenvalue weighted by Crippen LogP contribution is 2.29. The molecule has 0 aromatic carbocycles. The van der Waals surface area contributed by atoms with Crippen LogP contribution in [0.1, 0.15) is 25.3 Å². The van der Waals surface area contributed by atoms with Crippen molar-refractivity contribution >= 4 is 11.9 Å². The first-order chi connectivity index (χ1) is 9.01. The lowest BCUT2D eigenvalue weighted by Gasteiger charge is -2.37. The predicted octanol–water partition coefficient (Wildman–Crippen LogP) is 1.34. The van der Waals surface area contributed by atoms with Crippen molar-refractivity contribution in [3.05, 3.63) is 30.1 Å². The van der Waals surface area contributed by atoms with Crippen molar-refractivity contribution in [2.75, 3.05) is 13.1 Å². The summed E-state index contributed by atoms with van der Waals surface area (Å²) in [5.74, 6) is -0.840. The van der Waals surface area contributed by atoms with Crippen LogP contribution in [-0.2, 0) is 16.0 Å². The summed E-state index contributed by atoms with van der Waals surface area (Å²) in [4.78, 5) is 29.0. The van der Waals surface area contributed by atoms with Gasteiger partial charge in [0.2, 0.25) is 5.91 Å². The minimum atomic E-state index is -0.825. The van der Waals surface area contributed by atoms with Gasteiger partial charge in [0.05, 0.1) is 11.8 Å². The van der Waals surface area contributed by atoms with Crippen LogP contribution >= 0.6 is 0 Å². The fourth-order valence-electron chi connectivity index (χ4n) is 2.41. The van der Waals surface area contributed by atoms with E-state index >= 15 is 0 Å². The fourth-order valence-corrected chi connectivity index (χ4v) is 2.41. The van der Waals surface area contributed by atoms with E-state index in [1.807, 2.05) is 0 Å². The Morgan fingerprint density at radius 3 is 2.74 bits per heavy atom. The second kappa shape index (κ2) is 5.38. The summed E-state index contributed by atoms with van der Waals surface area (Å²) in [5.41, 5.74) is 0.0918. The molecular weight excluding hydrogens is 244 g/mol. The predicted molar refractivity (Wildman–Crippen MR) is 69.5 cm³/mol. The van der Waals surface area contributed by atoms with Crippen molar-refractivity contribution in [2.24, 2.45) is 5.41 Å². The van der Waals surface area contributed by atoms with E-state index in [-0.39, 0.29) is 5.91 Å². The third-order valence-corrected chi connectivity index (χ3v) is 3.67. The van der Waals surface area contributed by atoms with E-state index in [1.54, 1.807) is 36.4 Å². The maximum absolute atomic E-state index is 12.2. The number of amides is 1. The van der Waals surface area contributed by atoms with Gasteiger partial charge >= 0.3 is 5.97 Å². The largest absolute Gasteiger partial charge is 0.481 e. The van der Waals surface area contributed by atoms with Gasteiger partial charge < -0.3 is 10.0 Å². The average Bonchev–Trinajstić information content (AvgIpc) is 2.40. The molecule has 1 aliphatic rings. The number of rotatable bonds is 3. The Balaban J connectivity index is 2.02. The van der Waals surface area contributed by atoms with Crippen molar-refractivity contribution in [3.8, 4) is 0 Å². The Bertz CT molecular complexity index is 475. The maximum Gasteiger partial charge on any atom is 0.311 e. The first-order valence-corrected chi connectivity index (χ1v) is 6.41. The zero-order valence-electron chi connectivity index (χ0n) is 11.0. The summed E-state index contributed by atoms with van der Waals surface area (Å²) in [5, 5.41) is 9.24.